The van der Waals surface area contributed by atoms with Crippen molar-refractivity contribution in [1.29, 1.82) is 0 Å². The molecule has 2 N–H and O–H groups in total. The summed E-state index contributed by atoms with van der Waals surface area (Å²) in [5, 5.41) is 11.7. The monoisotopic (exact) mass is 313 g/mol. The van der Waals surface area contributed by atoms with E-state index in [0.717, 1.165) is 16.7 Å². The van der Waals surface area contributed by atoms with Crippen molar-refractivity contribution >= 4 is 12.1 Å². The maximum Gasteiger partial charge on any atom is 0.407 e. The summed E-state index contributed by atoms with van der Waals surface area (Å²) in [6.45, 7) is 2.02. The van der Waals surface area contributed by atoms with Crippen molar-refractivity contribution in [1.82, 2.24) is 5.32 Å². The van der Waals surface area contributed by atoms with Crippen molar-refractivity contribution < 1.29 is 19.4 Å². The number of nitrogens with one attached hydrogen (secondary N) is 1. The van der Waals surface area contributed by atoms with Crippen molar-refractivity contribution in [2.24, 2.45) is 0 Å². The van der Waals surface area contributed by atoms with Gasteiger partial charge in [0.2, 0.25) is 0 Å². The second-order valence-electron chi connectivity index (χ2n) is 5.21. The SMILES string of the molecule is Cc1ccccc1C(CC(=O)O)NC(=O)OCc1ccccc1. The van der Waals surface area contributed by atoms with Gasteiger partial charge in [0.05, 0.1) is 12.5 Å². The Morgan fingerprint density at radius 3 is 2.39 bits per heavy atom. The topological polar surface area (TPSA) is 75.6 Å². The largest absolute Gasteiger partial charge is 0.481 e. The van der Waals surface area contributed by atoms with Crippen LogP contribution in [0.4, 0.5) is 4.79 Å². The fourth-order valence-electron chi connectivity index (χ4n) is 2.30. The smallest absolute Gasteiger partial charge is 0.407 e. The number of hydrogen-bond acceptors (Lipinski definition) is 3. The van der Waals surface area contributed by atoms with E-state index in [-0.39, 0.29) is 13.0 Å². The van der Waals surface area contributed by atoms with E-state index in [1.165, 1.54) is 0 Å². The Morgan fingerprint density at radius 1 is 1.09 bits per heavy atom. The molecule has 0 aliphatic rings. The minimum absolute atomic E-state index is 0.139. The van der Waals surface area contributed by atoms with Crippen LogP contribution in [0.1, 0.15) is 29.2 Å². The third-order valence-electron chi connectivity index (χ3n) is 3.45. The average molecular weight is 313 g/mol. The molecule has 2 rings (SSSR count). The fraction of sp³-hybridized carbons (Fsp3) is 0.222. The third-order valence-corrected chi connectivity index (χ3v) is 3.45. The molecule has 0 bridgehead atoms. The molecule has 120 valence electrons. The Balaban J connectivity index is 2.01. The molecule has 2 aromatic carbocycles. The summed E-state index contributed by atoms with van der Waals surface area (Å²) in [5.41, 5.74) is 2.56. The molecule has 5 heteroatoms. The van der Waals surface area contributed by atoms with Gasteiger partial charge in [-0.15, -0.1) is 0 Å². The van der Waals surface area contributed by atoms with Crippen LogP contribution in [-0.2, 0) is 16.1 Å². The van der Waals surface area contributed by atoms with Gasteiger partial charge in [-0.1, -0.05) is 54.6 Å². The third kappa shape index (κ3) is 5.14. The molecule has 0 radical (unpaired) electrons. The summed E-state index contributed by atoms with van der Waals surface area (Å²) in [6, 6.07) is 16.0. The predicted octanol–water partition coefficient (Wildman–Crippen LogP) is 3.44. The molecule has 0 aromatic heterocycles. The number of hydrogen-bond donors (Lipinski definition) is 2. The fourth-order valence-corrected chi connectivity index (χ4v) is 2.30. The molecule has 1 amide bonds. The second-order valence-corrected chi connectivity index (χ2v) is 5.21. The summed E-state index contributed by atoms with van der Waals surface area (Å²) in [4.78, 5) is 23.0. The van der Waals surface area contributed by atoms with Gasteiger partial charge < -0.3 is 15.2 Å². The van der Waals surface area contributed by atoms with Gasteiger partial charge in [-0.05, 0) is 23.6 Å². The Bertz CT molecular complexity index is 670. The average Bonchev–Trinajstić information content (AvgIpc) is 2.53. The van der Waals surface area contributed by atoms with E-state index in [2.05, 4.69) is 5.32 Å². The van der Waals surface area contributed by atoms with Gasteiger partial charge in [-0.2, -0.15) is 0 Å². The summed E-state index contributed by atoms with van der Waals surface area (Å²) in [5.74, 6) is -0.985. The lowest BCUT2D eigenvalue weighted by Gasteiger charge is -2.19. The number of ether oxygens (including phenoxy) is 1. The molecule has 2 aromatic rings. The summed E-state index contributed by atoms with van der Waals surface area (Å²) < 4.78 is 5.16. The normalized spacial score (nSPS) is 11.5. The molecule has 0 fully saturated rings. The van der Waals surface area contributed by atoms with Crippen LogP contribution in [0.25, 0.3) is 0 Å². The molecule has 23 heavy (non-hydrogen) atoms. The molecule has 0 heterocycles. The summed E-state index contributed by atoms with van der Waals surface area (Å²) in [7, 11) is 0. The highest BCUT2D eigenvalue weighted by Gasteiger charge is 2.20. The zero-order valence-corrected chi connectivity index (χ0v) is 12.9. The van der Waals surface area contributed by atoms with Gasteiger partial charge in [0, 0.05) is 0 Å². The molecule has 0 spiro atoms. The van der Waals surface area contributed by atoms with Crippen LogP contribution in [-0.4, -0.2) is 17.2 Å². The second kappa shape index (κ2) is 7.98. The van der Waals surface area contributed by atoms with Gasteiger partial charge in [-0.3, -0.25) is 4.79 Å². The molecule has 0 saturated heterocycles. The lowest BCUT2D eigenvalue weighted by Crippen LogP contribution is -2.31. The maximum atomic E-state index is 12.0. The van der Waals surface area contributed by atoms with Gasteiger partial charge >= 0.3 is 12.1 Å². The summed E-state index contributed by atoms with van der Waals surface area (Å²) >= 11 is 0. The Labute approximate surface area is 134 Å². The van der Waals surface area contributed by atoms with Gasteiger partial charge in [0.25, 0.3) is 0 Å². The number of rotatable bonds is 6. The molecule has 5 nitrogen and oxygen atoms in total. The zero-order chi connectivity index (χ0) is 16.7. The van der Waals surface area contributed by atoms with Crippen molar-refractivity contribution in [3.05, 3.63) is 71.3 Å². The van der Waals surface area contributed by atoms with E-state index < -0.39 is 18.1 Å². The minimum atomic E-state index is -0.985. The summed E-state index contributed by atoms with van der Waals surface area (Å²) in [6.07, 6.45) is -0.839. The first kappa shape index (κ1) is 16.5. The maximum absolute atomic E-state index is 12.0. The van der Waals surface area contributed by atoms with Crippen LogP contribution < -0.4 is 5.32 Å². The van der Waals surface area contributed by atoms with Crippen LogP contribution >= 0.6 is 0 Å². The number of aryl methyl sites for hydroxylation is 1. The van der Waals surface area contributed by atoms with E-state index in [9.17, 15) is 9.59 Å². The number of carboxylic acids is 1. The molecule has 0 saturated carbocycles. The van der Waals surface area contributed by atoms with Gasteiger partial charge in [0.15, 0.2) is 0 Å². The standard InChI is InChI=1S/C18H19NO4/c1-13-7-5-6-10-15(13)16(11-17(20)21)19-18(22)23-12-14-8-3-2-4-9-14/h2-10,16H,11-12H2,1H3,(H,19,22)(H,20,21). The zero-order valence-electron chi connectivity index (χ0n) is 12.9. The molecule has 1 unspecified atom stereocenters. The van der Waals surface area contributed by atoms with Crippen molar-refractivity contribution in [2.75, 3.05) is 0 Å². The van der Waals surface area contributed by atoms with Crippen LogP contribution in [0.3, 0.4) is 0 Å². The Hall–Kier alpha value is -2.82. The van der Waals surface area contributed by atoms with E-state index in [0.29, 0.717) is 0 Å². The quantitative estimate of drug-likeness (QED) is 0.856. The number of benzene rings is 2. The first-order valence-electron chi connectivity index (χ1n) is 7.31. The van der Waals surface area contributed by atoms with Crippen LogP contribution in [0.15, 0.2) is 54.6 Å². The van der Waals surface area contributed by atoms with Crippen LogP contribution in [0, 0.1) is 6.92 Å². The lowest BCUT2D eigenvalue weighted by molar-refractivity contribution is -0.137. The Kier molecular flexibility index (Phi) is 5.74. The number of amides is 1. The Morgan fingerprint density at radius 2 is 1.74 bits per heavy atom. The van der Waals surface area contributed by atoms with Crippen LogP contribution in [0.5, 0.6) is 0 Å². The van der Waals surface area contributed by atoms with Crippen LogP contribution in [0.2, 0.25) is 0 Å². The lowest BCUT2D eigenvalue weighted by atomic mass is 9.99. The van der Waals surface area contributed by atoms with Crippen molar-refractivity contribution in [3.63, 3.8) is 0 Å². The molecular formula is C18H19NO4. The highest BCUT2D eigenvalue weighted by atomic mass is 16.5. The van der Waals surface area contributed by atoms with Gasteiger partial charge in [0.1, 0.15) is 6.61 Å². The van der Waals surface area contributed by atoms with Crippen molar-refractivity contribution in [2.45, 2.75) is 26.0 Å². The predicted molar refractivity (Wildman–Crippen MR) is 85.9 cm³/mol. The van der Waals surface area contributed by atoms with Gasteiger partial charge in [-0.25, -0.2) is 4.79 Å². The van der Waals surface area contributed by atoms with Crippen molar-refractivity contribution in [3.8, 4) is 0 Å². The van der Waals surface area contributed by atoms with E-state index in [4.69, 9.17) is 9.84 Å². The minimum Gasteiger partial charge on any atom is -0.481 e. The number of carbonyl (C=O) groups excluding carboxylic acids is 1. The van der Waals surface area contributed by atoms with E-state index in [1.54, 1.807) is 6.07 Å². The highest BCUT2D eigenvalue weighted by molar-refractivity contribution is 5.72. The number of carbonyl (C=O) groups is 2. The number of carboxylic acid groups (broad SMARTS) is 1. The number of alkyl carbamates (subject to hydrolysis) is 1. The molecule has 1 atom stereocenters. The molecule has 0 aliphatic heterocycles. The number of aliphatic carboxylic acids is 1. The van der Waals surface area contributed by atoms with E-state index >= 15 is 0 Å². The first-order chi connectivity index (χ1) is 11.1. The van der Waals surface area contributed by atoms with E-state index in [1.807, 2.05) is 55.5 Å². The molecule has 0 aliphatic carbocycles. The highest BCUT2D eigenvalue weighted by Crippen LogP contribution is 2.21. The molecular weight excluding hydrogens is 294 g/mol. The first-order valence-corrected chi connectivity index (χ1v) is 7.31.